The van der Waals surface area contributed by atoms with Crippen LogP contribution in [0, 0.1) is 6.92 Å². The topological polar surface area (TPSA) is 45.2 Å². The number of carbonyl (C=O) groups is 1. The van der Waals surface area contributed by atoms with E-state index in [-0.39, 0.29) is 5.91 Å². The molecule has 4 nitrogen and oxygen atoms in total. The molecule has 1 aromatic heterocycles. The van der Waals surface area contributed by atoms with Crippen molar-refractivity contribution in [1.82, 2.24) is 4.98 Å². The summed E-state index contributed by atoms with van der Waals surface area (Å²) in [5, 5.41) is 3.54. The number of carbonyl (C=O) groups excluding carboxylic acids is 1. The van der Waals surface area contributed by atoms with Gasteiger partial charge in [-0.3, -0.25) is 4.79 Å². The second kappa shape index (κ2) is 8.02. The Hall–Kier alpha value is -2.85. The van der Waals surface area contributed by atoms with Crippen molar-refractivity contribution in [1.29, 1.82) is 0 Å². The highest BCUT2D eigenvalue weighted by molar-refractivity contribution is 6.31. The molecule has 0 aliphatic heterocycles. The van der Waals surface area contributed by atoms with E-state index in [1.54, 1.807) is 24.4 Å². The molecule has 3 rings (SSSR count). The van der Waals surface area contributed by atoms with Gasteiger partial charge >= 0.3 is 0 Å². The van der Waals surface area contributed by atoms with E-state index in [4.69, 9.17) is 11.6 Å². The van der Waals surface area contributed by atoms with Crippen molar-refractivity contribution in [2.45, 2.75) is 13.5 Å². The summed E-state index contributed by atoms with van der Waals surface area (Å²) in [5.41, 5.74) is 3.28. The third kappa shape index (κ3) is 4.21. The van der Waals surface area contributed by atoms with Gasteiger partial charge < -0.3 is 10.2 Å². The van der Waals surface area contributed by atoms with Gasteiger partial charge in [0.1, 0.15) is 5.82 Å². The van der Waals surface area contributed by atoms with Gasteiger partial charge in [0.15, 0.2) is 0 Å². The van der Waals surface area contributed by atoms with Gasteiger partial charge in [-0.15, -0.1) is 0 Å². The molecule has 0 saturated heterocycles. The highest BCUT2D eigenvalue weighted by Gasteiger charge is 2.12. The molecule has 0 unspecified atom stereocenters. The molecule has 0 aliphatic carbocycles. The normalized spacial score (nSPS) is 10.4. The Morgan fingerprint density at radius 1 is 1.12 bits per heavy atom. The molecule has 0 radical (unpaired) electrons. The van der Waals surface area contributed by atoms with Gasteiger partial charge in [-0.05, 0) is 42.3 Å². The highest BCUT2D eigenvalue weighted by Crippen LogP contribution is 2.24. The van der Waals surface area contributed by atoms with Crippen LogP contribution in [0.3, 0.4) is 0 Å². The molecule has 1 heterocycles. The number of hydrogen-bond acceptors (Lipinski definition) is 3. The second-order valence-corrected chi connectivity index (χ2v) is 6.52. The fraction of sp³-hybridized carbons (Fsp3) is 0.143. The molecule has 0 atom stereocenters. The number of aromatic nitrogens is 1. The molecule has 3 aromatic rings. The Labute approximate surface area is 158 Å². The fourth-order valence-electron chi connectivity index (χ4n) is 2.64. The Balaban J connectivity index is 1.76. The van der Waals surface area contributed by atoms with E-state index in [9.17, 15) is 4.79 Å². The average Bonchev–Trinajstić information content (AvgIpc) is 2.66. The molecule has 1 N–H and O–H groups in total. The summed E-state index contributed by atoms with van der Waals surface area (Å²) < 4.78 is 0. The molecule has 0 saturated carbocycles. The summed E-state index contributed by atoms with van der Waals surface area (Å²) >= 11 is 6.12. The standard InChI is InChI=1S/C21H20ClN3O/c1-15-18(22)9-6-10-19(15)24-21(26)17-11-12-23-20(13-17)25(2)14-16-7-4-3-5-8-16/h3-13H,14H2,1-2H3,(H,24,26). The third-order valence-corrected chi connectivity index (χ3v) is 4.59. The predicted molar refractivity (Wildman–Crippen MR) is 107 cm³/mol. The number of amides is 1. The number of anilines is 2. The summed E-state index contributed by atoms with van der Waals surface area (Å²) in [5.74, 6) is 0.552. The van der Waals surface area contributed by atoms with Crippen molar-refractivity contribution in [3.63, 3.8) is 0 Å². The number of nitrogens with one attached hydrogen (secondary N) is 1. The lowest BCUT2D eigenvalue weighted by atomic mass is 10.1. The zero-order chi connectivity index (χ0) is 18.5. The molecular weight excluding hydrogens is 346 g/mol. The predicted octanol–water partition coefficient (Wildman–Crippen LogP) is 4.93. The van der Waals surface area contributed by atoms with Crippen LogP contribution in [0.15, 0.2) is 66.9 Å². The molecule has 0 bridgehead atoms. The quantitative estimate of drug-likeness (QED) is 0.697. The second-order valence-electron chi connectivity index (χ2n) is 6.11. The monoisotopic (exact) mass is 365 g/mol. The van der Waals surface area contributed by atoms with Gasteiger partial charge in [0.05, 0.1) is 0 Å². The summed E-state index contributed by atoms with van der Waals surface area (Å²) in [6.07, 6.45) is 1.65. The summed E-state index contributed by atoms with van der Waals surface area (Å²) in [6, 6.07) is 19.1. The smallest absolute Gasteiger partial charge is 0.255 e. The maximum atomic E-state index is 12.6. The van der Waals surface area contributed by atoms with Gasteiger partial charge in [0.2, 0.25) is 0 Å². The lowest BCUT2D eigenvalue weighted by Gasteiger charge is -2.19. The fourth-order valence-corrected chi connectivity index (χ4v) is 2.82. The summed E-state index contributed by atoms with van der Waals surface area (Å²) in [6.45, 7) is 2.59. The minimum absolute atomic E-state index is 0.188. The molecule has 2 aromatic carbocycles. The third-order valence-electron chi connectivity index (χ3n) is 4.18. The highest BCUT2D eigenvalue weighted by atomic mass is 35.5. The molecule has 5 heteroatoms. The Morgan fingerprint density at radius 2 is 1.88 bits per heavy atom. The first-order valence-corrected chi connectivity index (χ1v) is 8.70. The molecular formula is C21H20ClN3O. The Morgan fingerprint density at radius 3 is 2.65 bits per heavy atom. The van der Waals surface area contributed by atoms with Gasteiger partial charge in [0, 0.05) is 36.1 Å². The van der Waals surface area contributed by atoms with Crippen molar-refractivity contribution in [3.8, 4) is 0 Å². The summed E-state index contributed by atoms with van der Waals surface area (Å²) in [4.78, 5) is 19.0. The zero-order valence-corrected chi connectivity index (χ0v) is 15.5. The Bertz CT molecular complexity index is 912. The molecule has 1 amide bonds. The number of hydrogen-bond donors (Lipinski definition) is 1. The van der Waals surface area contributed by atoms with Crippen molar-refractivity contribution >= 4 is 29.0 Å². The number of nitrogens with zero attached hydrogens (tertiary/aromatic N) is 2. The number of rotatable bonds is 5. The summed E-state index contributed by atoms with van der Waals surface area (Å²) in [7, 11) is 1.96. The van der Waals surface area contributed by atoms with Crippen LogP contribution in [-0.2, 0) is 6.54 Å². The van der Waals surface area contributed by atoms with Crippen LogP contribution >= 0.6 is 11.6 Å². The van der Waals surface area contributed by atoms with E-state index < -0.39 is 0 Å². The van der Waals surface area contributed by atoms with E-state index in [2.05, 4.69) is 22.4 Å². The average molecular weight is 366 g/mol. The number of benzene rings is 2. The van der Waals surface area contributed by atoms with E-state index in [0.29, 0.717) is 22.8 Å². The van der Waals surface area contributed by atoms with Gasteiger partial charge in [-0.2, -0.15) is 0 Å². The molecule has 0 fully saturated rings. The van der Waals surface area contributed by atoms with Crippen molar-refractivity contribution in [2.75, 3.05) is 17.3 Å². The van der Waals surface area contributed by atoms with Crippen LogP contribution in [-0.4, -0.2) is 17.9 Å². The minimum Gasteiger partial charge on any atom is -0.355 e. The first-order valence-electron chi connectivity index (χ1n) is 8.32. The van der Waals surface area contributed by atoms with E-state index >= 15 is 0 Å². The lowest BCUT2D eigenvalue weighted by Crippen LogP contribution is -2.19. The van der Waals surface area contributed by atoms with Gasteiger partial charge in [-0.1, -0.05) is 48.0 Å². The van der Waals surface area contributed by atoms with Crippen LogP contribution in [0.5, 0.6) is 0 Å². The van der Waals surface area contributed by atoms with Gasteiger partial charge in [-0.25, -0.2) is 4.98 Å². The molecule has 132 valence electrons. The van der Waals surface area contributed by atoms with Crippen LogP contribution in [0.1, 0.15) is 21.5 Å². The van der Waals surface area contributed by atoms with E-state index in [1.807, 2.05) is 49.2 Å². The van der Waals surface area contributed by atoms with Crippen molar-refractivity contribution < 1.29 is 4.79 Å². The first kappa shape index (κ1) is 18.0. The Kier molecular flexibility index (Phi) is 5.54. The maximum Gasteiger partial charge on any atom is 0.255 e. The lowest BCUT2D eigenvalue weighted by molar-refractivity contribution is 0.102. The number of pyridine rings is 1. The molecule has 0 spiro atoms. The minimum atomic E-state index is -0.188. The number of halogens is 1. The molecule has 0 aliphatic rings. The molecule has 26 heavy (non-hydrogen) atoms. The van der Waals surface area contributed by atoms with Crippen molar-refractivity contribution in [2.24, 2.45) is 0 Å². The zero-order valence-electron chi connectivity index (χ0n) is 14.7. The van der Waals surface area contributed by atoms with E-state index in [1.165, 1.54) is 5.56 Å². The van der Waals surface area contributed by atoms with Crippen LogP contribution < -0.4 is 10.2 Å². The maximum absolute atomic E-state index is 12.6. The first-order chi connectivity index (χ1) is 12.5. The van der Waals surface area contributed by atoms with Gasteiger partial charge in [0.25, 0.3) is 5.91 Å². The van der Waals surface area contributed by atoms with Crippen LogP contribution in [0.4, 0.5) is 11.5 Å². The van der Waals surface area contributed by atoms with Crippen LogP contribution in [0.2, 0.25) is 5.02 Å². The SMILES string of the molecule is Cc1c(Cl)cccc1NC(=O)c1ccnc(N(C)Cc2ccccc2)c1. The largest absolute Gasteiger partial charge is 0.355 e. The van der Waals surface area contributed by atoms with E-state index in [0.717, 1.165) is 11.4 Å². The van der Waals surface area contributed by atoms with Crippen LogP contribution in [0.25, 0.3) is 0 Å². The van der Waals surface area contributed by atoms with Crippen molar-refractivity contribution in [3.05, 3.63) is 88.6 Å².